The van der Waals surface area contributed by atoms with Crippen LogP contribution in [0.1, 0.15) is 50.6 Å². The Kier molecular flexibility index (Phi) is 4.98. The molecule has 3 rings (SSSR count). The molecule has 1 aromatic rings. The van der Waals surface area contributed by atoms with E-state index >= 15 is 0 Å². The lowest BCUT2D eigenvalue weighted by atomic mass is 9.88. The Morgan fingerprint density at radius 2 is 2.04 bits per heavy atom. The fourth-order valence-corrected chi connectivity index (χ4v) is 3.83. The van der Waals surface area contributed by atoms with Crippen LogP contribution in [0.2, 0.25) is 0 Å². The van der Waals surface area contributed by atoms with Crippen LogP contribution < -0.4 is 0 Å². The van der Waals surface area contributed by atoms with Gasteiger partial charge in [0, 0.05) is 25.7 Å². The van der Waals surface area contributed by atoms with E-state index in [1.165, 1.54) is 6.42 Å². The van der Waals surface area contributed by atoms with Crippen molar-refractivity contribution < 1.29 is 9.59 Å². The molecule has 0 aromatic carbocycles. The monoisotopic (exact) mass is 318 g/mol. The third kappa shape index (κ3) is 3.57. The highest BCUT2D eigenvalue weighted by Gasteiger charge is 2.38. The lowest BCUT2D eigenvalue weighted by Gasteiger charge is -2.31. The molecular weight excluding hydrogens is 292 g/mol. The number of carbonyl (C=O) groups is 2. The zero-order chi connectivity index (χ0) is 16.2. The molecule has 1 atom stereocenters. The van der Waals surface area contributed by atoms with Gasteiger partial charge in [-0.15, -0.1) is 0 Å². The average Bonchev–Trinajstić information content (AvgIpc) is 3.25. The van der Waals surface area contributed by atoms with Gasteiger partial charge < -0.3 is 9.80 Å². The number of aromatic nitrogens is 2. The van der Waals surface area contributed by atoms with E-state index < -0.39 is 0 Å². The maximum absolute atomic E-state index is 12.8. The second-order valence-corrected chi connectivity index (χ2v) is 6.80. The van der Waals surface area contributed by atoms with Gasteiger partial charge in [0.05, 0.1) is 12.2 Å². The summed E-state index contributed by atoms with van der Waals surface area (Å²) in [5.41, 5.74) is 0.906. The number of hydrogen-bond donors (Lipinski definition) is 1. The molecule has 126 valence electrons. The summed E-state index contributed by atoms with van der Waals surface area (Å²) in [6.45, 7) is 1.23. The molecule has 1 saturated heterocycles. The quantitative estimate of drug-likeness (QED) is 0.922. The molecule has 1 aromatic heterocycles. The van der Waals surface area contributed by atoms with Crippen molar-refractivity contribution in [3.63, 3.8) is 0 Å². The number of amides is 2. The maximum Gasteiger partial charge on any atom is 0.245 e. The Bertz CT molecular complexity index is 537. The lowest BCUT2D eigenvalue weighted by Crippen LogP contribution is -2.48. The predicted octanol–water partition coefficient (Wildman–Crippen LogP) is 1.94. The van der Waals surface area contributed by atoms with E-state index in [9.17, 15) is 9.59 Å². The summed E-state index contributed by atoms with van der Waals surface area (Å²) in [4.78, 5) is 29.1. The molecule has 23 heavy (non-hydrogen) atoms. The summed E-state index contributed by atoms with van der Waals surface area (Å²) in [6.07, 6.45) is 8.88. The summed E-state index contributed by atoms with van der Waals surface area (Å²) in [5, 5.41) is 6.78. The first-order chi connectivity index (χ1) is 11.2. The Morgan fingerprint density at radius 1 is 1.26 bits per heavy atom. The molecule has 6 nitrogen and oxygen atoms in total. The van der Waals surface area contributed by atoms with Crippen molar-refractivity contribution in [2.24, 2.45) is 5.92 Å². The van der Waals surface area contributed by atoms with Crippen LogP contribution in [-0.2, 0) is 16.1 Å². The molecule has 0 spiro atoms. The standard InChI is InChI=1S/C17H26N4O2/c1-20(12-14-9-10-18-19-14)17(23)15-8-5-11-21(15)16(22)13-6-3-2-4-7-13/h9-10,13,15H,2-8,11-12H2,1H3,(H,18,19)/t15-/m0/s1. The fourth-order valence-electron chi connectivity index (χ4n) is 3.83. The Balaban J connectivity index is 1.63. The summed E-state index contributed by atoms with van der Waals surface area (Å²) >= 11 is 0. The number of likely N-dealkylation sites (N-methyl/N-ethyl adjacent to an activating group) is 1. The van der Waals surface area contributed by atoms with Crippen LogP contribution >= 0.6 is 0 Å². The molecule has 2 amide bonds. The van der Waals surface area contributed by atoms with Crippen molar-refractivity contribution in [3.05, 3.63) is 18.0 Å². The number of nitrogens with zero attached hydrogens (tertiary/aromatic N) is 3. The summed E-state index contributed by atoms with van der Waals surface area (Å²) in [6, 6.07) is 1.58. The van der Waals surface area contributed by atoms with E-state index in [-0.39, 0.29) is 23.8 Å². The van der Waals surface area contributed by atoms with Crippen LogP contribution in [0.5, 0.6) is 0 Å². The minimum absolute atomic E-state index is 0.0428. The van der Waals surface area contributed by atoms with Crippen molar-refractivity contribution in [2.75, 3.05) is 13.6 Å². The van der Waals surface area contributed by atoms with Gasteiger partial charge in [-0.25, -0.2) is 0 Å². The van der Waals surface area contributed by atoms with Gasteiger partial charge in [-0.2, -0.15) is 5.10 Å². The summed E-state index contributed by atoms with van der Waals surface area (Å²) in [7, 11) is 1.80. The number of carbonyl (C=O) groups excluding carboxylic acids is 2. The second kappa shape index (κ2) is 7.15. The molecule has 1 aliphatic carbocycles. The van der Waals surface area contributed by atoms with Crippen molar-refractivity contribution in [1.82, 2.24) is 20.0 Å². The minimum atomic E-state index is -0.280. The van der Waals surface area contributed by atoms with E-state index in [4.69, 9.17) is 0 Å². The van der Waals surface area contributed by atoms with Gasteiger partial charge in [0.25, 0.3) is 0 Å². The Labute approximate surface area is 137 Å². The molecule has 0 radical (unpaired) electrons. The van der Waals surface area contributed by atoms with Crippen LogP contribution in [0.3, 0.4) is 0 Å². The number of nitrogens with one attached hydrogen (secondary N) is 1. The number of aromatic amines is 1. The van der Waals surface area contributed by atoms with Crippen LogP contribution in [0.4, 0.5) is 0 Å². The van der Waals surface area contributed by atoms with E-state index in [0.717, 1.165) is 50.8 Å². The first-order valence-corrected chi connectivity index (χ1v) is 8.70. The highest BCUT2D eigenvalue weighted by molar-refractivity contribution is 5.89. The molecule has 1 aliphatic heterocycles. The molecule has 0 bridgehead atoms. The predicted molar refractivity (Wildman–Crippen MR) is 86.4 cm³/mol. The van der Waals surface area contributed by atoms with Gasteiger partial charge in [-0.1, -0.05) is 19.3 Å². The first-order valence-electron chi connectivity index (χ1n) is 8.70. The van der Waals surface area contributed by atoms with Crippen LogP contribution in [0.25, 0.3) is 0 Å². The molecule has 1 saturated carbocycles. The van der Waals surface area contributed by atoms with Gasteiger partial charge in [0.1, 0.15) is 6.04 Å². The van der Waals surface area contributed by atoms with E-state index in [1.54, 1.807) is 18.1 Å². The molecular formula is C17H26N4O2. The molecule has 2 heterocycles. The lowest BCUT2D eigenvalue weighted by molar-refractivity contribution is -0.146. The number of likely N-dealkylation sites (tertiary alicyclic amines) is 1. The van der Waals surface area contributed by atoms with Gasteiger partial charge in [-0.3, -0.25) is 14.7 Å². The normalized spacial score (nSPS) is 22.3. The van der Waals surface area contributed by atoms with Gasteiger partial charge in [0.2, 0.25) is 11.8 Å². The highest BCUT2D eigenvalue weighted by Crippen LogP contribution is 2.29. The Hall–Kier alpha value is -1.85. The van der Waals surface area contributed by atoms with Crippen LogP contribution in [-0.4, -0.2) is 51.4 Å². The third-order valence-corrected chi connectivity index (χ3v) is 5.12. The molecule has 6 heteroatoms. The minimum Gasteiger partial charge on any atom is -0.338 e. The SMILES string of the molecule is CN(Cc1ccn[nH]1)C(=O)[C@@H]1CCCN1C(=O)C1CCCCC1. The molecule has 0 unspecified atom stereocenters. The smallest absolute Gasteiger partial charge is 0.245 e. The number of H-pyrrole nitrogens is 1. The zero-order valence-electron chi connectivity index (χ0n) is 13.8. The van der Waals surface area contributed by atoms with Crippen LogP contribution in [0.15, 0.2) is 12.3 Å². The maximum atomic E-state index is 12.8. The largest absolute Gasteiger partial charge is 0.338 e. The zero-order valence-corrected chi connectivity index (χ0v) is 13.8. The third-order valence-electron chi connectivity index (χ3n) is 5.12. The van der Waals surface area contributed by atoms with E-state index in [2.05, 4.69) is 10.2 Å². The summed E-state index contributed by atoms with van der Waals surface area (Å²) in [5.74, 6) is 0.381. The second-order valence-electron chi connectivity index (χ2n) is 6.80. The van der Waals surface area contributed by atoms with E-state index in [1.807, 2.05) is 11.0 Å². The van der Waals surface area contributed by atoms with Crippen LogP contribution in [0, 0.1) is 5.92 Å². The van der Waals surface area contributed by atoms with Gasteiger partial charge in [0.15, 0.2) is 0 Å². The number of hydrogen-bond acceptors (Lipinski definition) is 3. The molecule has 2 fully saturated rings. The van der Waals surface area contributed by atoms with Gasteiger partial charge in [-0.05, 0) is 31.7 Å². The van der Waals surface area contributed by atoms with Crippen molar-refractivity contribution in [3.8, 4) is 0 Å². The number of rotatable bonds is 4. The van der Waals surface area contributed by atoms with E-state index in [0.29, 0.717) is 6.54 Å². The summed E-state index contributed by atoms with van der Waals surface area (Å²) < 4.78 is 0. The fraction of sp³-hybridized carbons (Fsp3) is 0.706. The van der Waals surface area contributed by atoms with Crippen molar-refractivity contribution in [2.45, 2.75) is 57.5 Å². The Morgan fingerprint density at radius 3 is 2.74 bits per heavy atom. The van der Waals surface area contributed by atoms with Crippen molar-refractivity contribution >= 4 is 11.8 Å². The average molecular weight is 318 g/mol. The van der Waals surface area contributed by atoms with Crippen molar-refractivity contribution in [1.29, 1.82) is 0 Å². The molecule has 1 N–H and O–H groups in total. The first kappa shape index (κ1) is 16.0. The molecule has 2 aliphatic rings. The van der Waals surface area contributed by atoms with Gasteiger partial charge >= 0.3 is 0 Å². The topological polar surface area (TPSA) is 69.3 Å². The highest BCUT2D eigenvalue weighted by atomic mass is 16.2.